The van der Waals surface area contributed by atoms with Crippen LogP contribution < -0.4 is 4.90 Å². The number of hydrogen-bond acceptors (Lipinski definition) is 3. The van der Waals surface area contributed by atoms with Gasteiger partial charge in [-0.25, -0.2) is 0 Å². The van der Waals surface area contributed by atoms with Crippen molar-refractivity contribution in [1.82, 2.24) is 0 Å². The van der Waals surface area contributed by atoms with Gasteiger partial charge in [-0.1, -0.05) is 66.9 Å². The van der Waals surface area contributed by atoms with Crippen LogP contribution in [0.5, 0.6) is 0 Å². The zero-order valence-corrected chi connectivity index (χ0v) is 18.0. The fourth-order valence-corrected chi connectivity index (χ4v) is 4.07. The van der Waals surface area contributed by atoms with E-state index in [1.807, 2.05) is 24.3 Å². The van der Waals surface area contributed by atoms with E-state index >= 15 is 0 Å². The van der Waals surface area contributed by atoms with Crippen LogP contribution in [0, 0.1) is 0 Å². The Balaban J connectivity index is 1.90. The number of aliphatic hydroxyl groups is 1. The van der Waals surface area contributed by atoms with Crippen LogP contribution in [0.25, 0.3) is 0 Å². The zero-order valence-electron chi connectivity index (χ0n) is 16.4. The minimum atomic E-state index is -1.83. The molecule has 0 saturated heterocycles. The summed E-state index contributed by atoms with van der Waals surface area (Å²) in [6.07, 6.45) is 3.53. The van der Waals surface area contributed by atoms with Crippen molar-refractivity contribution < 1.29 is 14.7 Å². The van der Waals surface area contributed by atoms with E-state index in [0.717, 1.165) is 30.2 Å². The molecule has 5 heteroatoms. The molecule has 148 valence electrons. The van der Waals surface area contributed by atoms with Crippen molar-refractivity contribution in [2.75, 3.05) is 11.4 Å². The van der Waals surface area contributed by atoms with Gasteiger partial charge in [0.2, 0.25) is 0 Å². The second-order valence-electron chi connectivity index (χ2n) is 7.38. The molecule has 1 N–H and O–H groups in total. The van der Waals surface area contributed by atoms with Gasteiger partial charge >= 0.3 is 0 Å². The van der Waals surface area contributed by atoms with Gasteiger partial charge in [0.05, 0.1) is 12.1 Å². The molecule has 1 atom stereocenters. The number of anilines is 1. The fourth-order valence-electron chi connectivity index (χ4n) is 3.71. The number of carbonyl (C=O) groups excluding carboxylic acids is 2. The molecule has 0 aromatic heterocycles. The second-order valence-corrected chi connectivity index (χ2v) is 8.29. The summed E-state index contributed by atoms with van der Waals surface area (Å²) < 4.78 is 0.770. The number of nitrogens with zero attached hydrogens (tertiary/aromatic N) is 1. The number of amides is 1. The van der Waals surface area contributed by atoms with Crippen molar-refractivity contribution >= 4 is 33.3 Å². The third-order valence-corrected chi connectivity index (χ3v) is 5.75. The third-order valence-electron chi connectivity index (χ3n) is 5.26. The standard InChI is InChI=1S/C23H26BrNO3/c1-3-5-13-25-20-12-11-18(24)14-19(20)23(28,22(25)27)15-21(26)17-9-7-16(6-4-2)8-10-17/h7-12,14,28H,3-6,13,15H2,1-2H3/t23-/m1/s1. The predicted molar refractivity (Wildman–Crippen MR) is 115 cm³/mol. The van der Waals surface area contributed by atoms with Gasteiger partial charge in [-0.05, 0) is 36.6 Å². The normalized spacial score (nSPS) is 18.4. The summed E-state index contributed by atoms with van der Waals surface area (Å²) in [5.74, 6) is -0.646. The predicted octanol–water partition coefficient (Wildman–Crippen LogP) is 5.01. The minimum Gasteiger partial charge on any atom is -0.375 e. The molecule has 0 aliphatic carbocycles. The summed E-state index contributed by atoms with van der Waals surface area (Å²) in [5.41, 5.74) is 1.06. The van der Waals surface area contributed by atoms with Crippen LogP contribution in [0.3, 0.4) is 0 Å². The smallest absolute Gasteiger partial charge is 0.264 e. The van der Waals surface area contributed by atoms with Crippen LogP contribution in [0.15, 0.2) is 46.9 Å². The number of rotatable bonds is 8. The topological polar surface area (TPSA) is 57.6 Å². The average molecular weight is 444 g/mol. The lowest BCUT2D eigenvalue weighted by molar-refractivity contribution is -0.135. The van der Waals surface area contributed by atoms with Gasteiger partial charge in [-0.2, -0.15) is 0 Å². The van der Waals surface area contributed by atoms with Crippen molar-refractivity contribution in [1.29, 1.82) is 0 Å². The molecular weight excluding hydrogens is 418 g/mol. The molecule has 0 bridgehead atoms. The highest BCUT2D eigenvalue weighted by Gasteiger charge is 2.50. The van der Waals surface area contributed by atoms with E-state index in [9.17, 15) is 14.7 Å². The average Bonchev–Trinajstić information content (AvgIpc) is 2.88. The minimum absolute atomic E-state index is 0.234. The first kappa shape index (κ1) is 20.7. The van der Waals surface area contributed by atoms with Crippen LogP contribution >= 0.6 is 15.9 Å². The van der Waals surface area contributed by atoms with E-state index in [1.54, 1.807) is 23.1 Å². The second kappa shape index (κ2) is 8.58. The Bertz CT molecular complexity index is 878. The maximum atomic E-state index is 13.1. The molecule has 0 saturated carbocycles. The molecule has 1 heterocycles. The van der Waals surface area contributed by atoms with Crippen molar-refractivity contribution in [2.45, 2.75) is 51.6 Å². The zero-order chi connectivity index (χ0) is 20.3. The number of fused-ring (bicyclic) bond motifs is 1. The van der Waals surface area contributed by atoms with Crippen LogP contribution in [-0.2, 0) is 16.8 Å². The van der Waals surface area contributed by atoms with Crippen LogP contribution in [0.4, 0.5) is 5.69 Å². The molecule has 28 heavy (non-hydrogen) atoms. The van der Waals surface area contributed by atoms with Crippen molar-refractivity contribution in [3.8, 4) is 0 Å². The van der Waals surface area contributed by atoms with E-state index < -0.39 is 11.5 Å². The molecule has 0 spiro atoms. The first-order valence-electron chi connectivity index (χ1n) is 9.87. The molecule has 1 aliphatic rings. The molecule has 4 nitrogen and oxygen atoms in total. The molecule has 2 aromatic rings. The SMILES string of the molecule is CCCCN1C(=O)[C@@](O)(CC(=O)c2ccc(CCC)cc2)c2cc(Br)ccc21. The Morgan fingerprint density at radius 3 is 2.46 bits per heavy atom. The molecule has 2 aromatic carbocycles. The largest absolute Gasteiger partial charge is 0.375 e. The Morgan fingerprint density at radius 2 is 1.82 bits per heavy atom. The molecule has 0 unspecified atom stereocenters. The van der Waals surface area contributed by atoms with Crippen molar-refractivity contribution in [3.63, 3.8) is 0 Å². The lowest BCUT2D eigenvalue weighted by atomic mass is 9.88. The highest BCUT2D eigenvalue weighted by Crippen LogP contribution is 2.44. The van der Waals surface area contributed by atoms with E-state index in [0.29, 0.717) is 23.4 Å². The summed E-state index contributed by atoms with van der Waals surface area (Å²) >= 11 is 3.42. The van der Waals surface area contributed by atoms with Gasteiger partial charge in [0.25, 0.3) is 5.91 Å². The maximum Gasteiger partial charge on any atom is 0.264 e. The Morgan fingerprint density at radius 1 is 1.11 bits per heavy atom. The maximum absolute atomic E-state index is 13.1. The Labute approximate surface area is 174 Å². The van der Waals surface area contributed by atoms with E-state index in [4.69, 9.17) is 0 Å². The molecular formula is C23H26BrNO3. The number of unbranched alkanes of at least 4 members (excludes halogenated alkanes) is 1. The van der Waals surface area contributed by atoms with Gasteiger partial charge in [0, 0.05) is 22.1 Å². The Kier molecular flexibility index (Phi) is 6.36. The lowest BCUT2D eigenvalue weighted by Crippen LogP contribution is -2.42. The van der Waals surface area contributed by atoms with Gasteiger partial charge in [-0.15, -0.1) is 0 Å². The first-order valence-corrected chi connectivity index (χ1v) is 10.7. The number of hydrogen-bond donors (Lipinski definition) is 1. The molecule has 1 aliphatic heterocycles. The number of halogens is 1. The monoisotopic (exact) mass is 443 g/mol. The summed E-state index contributed by atoms with van der Waals surface area (Å²) in [4.78, 5) is 27.6. The van der Waals surface area contributed by atoms with Gasteiger partial charge in [0.1, 0.15) is 0 Å². The highest BCUT2D eigenvalue weighted by molar-refractivity contribution is 9.10. The van der Waals surface area contributed by atoms with Crippen LogP contribution in [0.1, 0.15) is 61.0 Å². The molecule has 1 amide bonds. The lowest BCUT2D eigenvalue weighted by Gasteiger charge is -2.22. The summed E-state index contributed by atoms with van der Waals surface area (Å²) in [5, 5.41) is 11.3. The third kappa shape index (κ3) is 3.91. The Hall–Kier alpha value is -1.98. The van der Waals surface area contributed by atoms with Crippen LogP contribution in [-0.4, -0.2) is 23.3 Å². The molecule has 3 rings (SSSR count). The van der Waals surface area contributed by atoms with Crippen molar-refractivity contribution in [2.24, 2.45) is 0 Å². The summed E-state index contributed by atoms with van der Waals surface area (Å²) in [6, 6.07) is 12.9. The summed E-state index contributed by atoms with van der Waals surface area (Å²) in [6.45, 7) is 4.70. The summed E-state index contributed by atoms with van der Waals surface area (Å²) in [7, 11) is 0. The van der Waals surface area contributed by atoms with E-state index in [-0.39, 0.29) is 12.2 Å². The van der Waals surface area contributed by atoms with Crippen molar-refractivity contribution in [3.05, 3.63) is 63.6 Å². The number of aryl methyl sites for hydroxylation is 1. The number of ketones is 1. The van der Waals surface area contributed by atoms with E-state index in [1.165, 1.54) is 5.56 Å². The van der Waals surface area contributed by atoms with Crippen LogP contribution in [0.2, 0.25) is 0 Å². The van der Waals surface area contributed by atoms with E-state index in [2.05, 4.69) is 29.8 Å². The number of benzene rings is 2. The number of Topliss-reactive ketones (excluding diaryl/α,β-unsaturated/α-hetero) is 1. The quantitative estimate of drug-likeness (QED) is 0.583. The van der Waals surface area contributed by atoms with Gasteiger partial charge in [0.15, 0.2) is 11.4 Å². The highest BCUT2D eigenvalue weighted by atomic mass is 79.9. The van der Waals surface area contributed by atoms with Gasteiger partial charge < -0.3 is 10.0 Å². The van der Waals surface area contributed by atoms with Gasteiger partial charge in [-0.3, -0.25) is 9.59 Å². The molecule has 0 fully saturated rings. The number of carbonyl (C=O) groups is 2. The molecule has 0 radical (unpaired) electrons. The fraction of sp³-hybridized carbons (Fsp3) is 0.391. The first-order chi connectivity index (χ1) is 13.4.